The first kappa shape index (κ1) is 21.1. The lowest BCUT2D eigenvalue weighted by Gasteiger charge is -2.22. The fourth-order valence-electron chi connectivity index (χ4n) is 3.25. The Morgan fingerprint density at radius 2 is 2.10 bits per heavy atom. The molecule has 0 spiro atoms. The largest absolute Gasteiger partial charge is 0.472 e. The second kappa shape index (κ2) is 8.93. The third-order valence-corrected chi connectivity index (χ3v) is 6.49. The number of pyridine rings is 1. The molecule has 1 aliphatic rings. The SMILES string of the molecule is CS(=O)(=O)Nc1ccc(-c2cc(-c3ccnc(OC4CCCOC4)c3)cs2)c(Cl)c1. The Morgan fingerprint density at radius 3 is 2.83 bits per heavy atom. The highest BCUT2D eigenvalue weighted by Crippen LogP contribution is 2.38. The van der Waals surface area contributed by atoms with Crippen LogP contribution in [0.4, 0.5) is 5.69 Å². The molecule has 30 heavy (non-hydrogen) atoms. The van der Waals surface area contributed by atoms with Gasteiger partial charge in [0.2, 0.25) is 15.9 Å². The maximum absolute atomic E-state index is 11.4. The molecule has 0 amide bonds. The van der Waals surface area contributed by atoms with Crippen molar-refractivity contribution in [1.82, 2.24) is 4.98 Å². The highest BCUT2D eigenvalue weighted by Gasteiger charge is 2.16. The lowest BCUT2D eigenvalue weighted by Crippen LogP contribution is -2.28. The Bertz CT molecular complexity index is 1140. The average Bonchev–Trinajstić information content (AvgIpc) is 3.18. The smallest absolute Gasteiger partial charge is 0.229 e. The van der Waals surface area contributed by atoms with Crippen LogP contribution in [0.25, 0.3) is 21.6 Å². The van der Waals surface area contributed by atoms with E-state index in [-0.39, 0.29) is 6.10 Å². The van der Waals surface area contributed by atoms with Crippen LogP contribution in [0.2, 0.25) is 5.02 Å². The molecule has 0 aliphatic carbocycles. The molecule has 3 aromatic rings. The number of ether oxygens (including phenoxy) is 2. The monoisotopic (exact) mass is 464 g/mol. The zero-order valence-electron chi connectivity index (χ0n) is 16.3. The fourth-order valence-corrected chi connectivity index (χ4v) is 5.10. The second-order valence-electron chi connectivity index (χ2n) is 7.11. The third-order valence-electron chi connectivity index (χ3n) is 4.61. The lowest BCUT2D eigenvalue weighted by molar-refractivity contribution is 0.00552. The van der Waals surface area contributed by atoms with Gasteiger partial charge in [0.05, 0.1) is 17.9 Å². The van der Waals surface area contributed by atoms with Crippen molar-refractivity contribution in [2.24, 2.45) is 0 Å². The van der Waals surface area contributed by atoms with Gasteiger partial charge < -0.3 is 9.47 Å². The molecule has 1 aliphatic heterocycles. The number of nitrogens with zero attached hydrogens (tertiary/aromatic N) is 1. The van der Waals surface area contributed by atoms with E-state index in [4.69, 9.17) is 21.1 Å². The van der Waals surface area contributed by atoms with Gasteiger partial charge in [-0.1, -0.05) is 11.6 Å². The average molecular weight is 465 g/mol. The molecule has 1 unspecified atom stereocenters. The maximum Gasteiger partial charge on any atom is 0.229 e. The molecule has 158 valence electrons. The zero-order valence-corrected chi connectivity index (χ0v) is 18.7. The van der Waals surface area contributed by atoms with Crippen molar-refractivity contribution in [3.05, 3.63) is 53.0 Å². The minimum Gasteiger partial charge on any atom is -0.472 e. The number of sulfonamides is 1. The Labute approximate surface area is 184 Å². The first-order chi connectivity index (χ1) is 14.4. The number of aromatic nitrogens is 1. The number of rotatable bonds is 6. The van der Waals surface area contributed by atoms with Crippen LogP contribution in [0.3, 0.4) is 0 Å². The zero-order chi connectivity index (χ0) is 21.1. The van der Waals surface area contributed by atoms with E-state index in [0.717, 1.165) is 47.3 Å². The molecule has 2 aromatic heterocycles. The Balaban J connectivity index is 1.53. The molecule has 9 heteroatoms. The summed E-state index contributed by atoms with van der Waals surface area (Å²) in [6.45, 7) is 1.38. The number of thiophene rings is 1. The van der Waals surface area contributed by atoms with Crippen LogP contribution in [0, 0.1) is 0 Å². The first-order valence-corrected chi connectivity index (χ1v) is 12.6. The predicted octanol–water partition coefficient (Wildman–Crippen LogP) is 5.06. The van der Waals surface area contributed by atoms with Gasteiger partial charge >= 0.3 is 0 Å². The van der Waals surface area contributed by atoms with Crippen molar-refractivity contribution in [1.29, 1.82) is 0 Å². The van der Waals surface area contributed by atoms with Gasteiger partial charge in [-0.25, -0.2) is 13.4 Å². The predicted molar refractivity (Wildman–Crippen MR) is 121 cm³/mol. The van der Waals surface area contributed by atoms with Gasteiger partial charge in [-0.05, 0) is 59.7 Å². The molecule has 0 saturated carbocycles. The van der Waals surface area contributed by atoms with E-state index in [9.17, 15) is 8.42 Å². The number of hydrogen-bond donors (Lipinski definition) is 1. The van der Waals surface area contributed by atoms with Crippen LogP contribution >= 0.6 is 22.9 Å². The summed E-state index contributed by atoms with van der Waals surface area (Å²) < 4.78 is 36.7. The Hall–Kier alpha value is -2.13. The van der Waals surface area contributed by atoms with Gasteiger partial charge in [0.1, 0.15) is 6.10 Å². The van der Waals surface area contributed by atoms with Crippen LogP contribution in [0.5, 0.6) is 5.88 Å². The van der Waals surface area contributed by atoms with E-state index in [0.29, 0.717) is 23.2 Å². The summed E-state index contributed by atoms with van der Waals surface area (Å²) >= 11 is 7.98. The molecular formula is C21H21ClN2O4S2. The van der Waals surface area contributed by atoms with Gasteiger partial charge in [0.25, 0.3) is 0 Å². The summed E-state index contributed by atoms with van der Waals surface area (Å²) in [7, 11) is -3.35. The number of hydrogen-bond acceptors (Lipinski definition) is 6. The minimum atomic E-state index is -3.35. The van der Waals surface area contributed by atoms with Crippen molar-refractivity contribution >= 4 is 38.6 Å². The molecule has 4 rings (SSSR count). The van der Waals surface area contributed by atoms with Gasteiger partial charge in [0.15, 0.2) is 0 Å². The molecule has 0 radical (unpaired) electrons. The minimum absolute atomic E-state index is 0.0393. The van der Waals surface area contributed by atoms with Crippen LogP contribution in [-0.2, 0) is 14.8 Å². The molecule has 1 saturated heterocycles. The highest BCUT2D eigenvalue weighted by molar-refractivity contribution is 7.92. The Morgan fingerprint density at radius 1 is 1.23 bits per heavy atom. The lowest BCUT2D eigenvalue weighted by atomic mass is 10.1. The van der Waals surface area contributed by atoms with Crippen LogP contribution in [0.15, 0.2) is 48.0 Å². The first-order valence-electron chi connectivity index (χ1n) is 9.44. The van der Waals surface area contributed by atoms with E-state index in [1.807, 2.05) is 18.2 Å². The van der Waals surface area contributed by atoms with Crippen LogP contribution in [0.1, 0.15) is 12.8 Å². The van der Waals surface area contributed by atoms with E-state index in [2.05, 4.69) is 21.2 Å². The number of benzene rings is 1. The molecule has 1 atom stereocenters. The van der Waals surface area contributed by atoms with Gasteiger partial charge in [-0.15, -0.1) is 11.3 Å². The number of anilines is 1. The summed E-state index contributed by atoms with van der Waals surface area (Å²) in [6.07, 6.45) is 4.85. The topological polar surface area (TPSA) is 77.5 Å². The normalized spacial score (nSPS) is 16.9. The summed E-state index contributed by atoms with van der Waals surface area (Å²) in [6, 6.07) is 11.1. The Kier molecular flexibility index (Phi) is 6.29. The van der Waals surface area contributed by atoms with Crippen LogP contribution in [-0.4, -0.2) is 39.0 Å². The molecule has 3 heterocycles. The molecule has 1 aromatic carbocycles. The molecule has 6 nitrogen and oxygen atoms in total. The maximum atomic E-state index is 11.4. The van der Waals surface area contributed by atoms with Crippen molar-refractivity contribution < 1.29 is 17.9 Å². The summed E-state index contributed by atoms with van der Waals surface area (Å²) in [5.74, 6) is 0.588. The number of halogens is 1. The van der Waals surface area contributed by atoms with E-state index >= 15 is 0 Å². The summed E-state index contributed by atoms with van der Waals surface area (Å²) in [5.41, 5.74) is 3.32. The third kappa shape index (κ3) is 5.31. The fraction of sp³-hybridized carbons (Fsp3) is 0.286. The van der Waals surface area contributed by atoms with E-state index in [1.54, 1.807) is 29.7 Å². The van der Waals surface area contributed by atoms with E-state index in [1.165, 1.54) is 0 Å². The van der Waals surface area contributed by atoms with Gasteiger partial charge in [-0.3, -0.25) is 4.72 Å². The van der Waals surface area contributed by atoms with Crippen molar-refractivity contribution in [3.63, 3.8) is 0 Å². The van der Waals surface area contributed by atoms with Gasteiger partial charge in [0, 0.05) is 35.0 Å². The number of nitrogens with one attached hydrogen (secondary N) is 1. The molecule has 1 fully saturated rings. The van der Waals surface area contributed by atoms with Crippen molar-refractivity contribution in [2.45, 2.75) is 18.9 Å². The molecule has 0 bridgehead atoms. The van der Waals surface area contributed by atoms with Crippen molar-refractivity contribution in [2.75, 3.05) is 24.2 Å². The highest BCUT2D eigenvalue weighted by atomic mass is 35.5. The van der Waals surface area contributed by atoms with Gasteiger partial charge in [-0.2, -0.15) is 0 Å². The van der Waals surface area contributed by atoms with Crippen LogP contribution < -0.4 is 9.46 Å². The van der Waals surface area contributed by atoms with E-state index < -0.39 is 10.0 Å². The standard InChI is InChI=1S/C21H21ClN2O4S2/c1-30(25,26)24-16-4-5-18(19(22)11-16)20-9-15(13-29-20)14-6-7-23-21(10-14)28-17-3-2-8-27-12-17/h4-7,9-11,13,17,24H,2-3,8,12H2,1H3. The molecule has 1 N–H and O–H groups in total. The molecular weight excluding hydrogens is 444 g/mol. The quantitative estimate of drug-likeness (QED) is 0.551. The van der Waals surface area contributed by atoms with Crippen molar-refractivity contribution in [3.8, 4) is 27.4 Å². The summed E-state index contributed by atoms with van der Waals surface area (Å²) in [5, 5.41) is 2.53. The second-order valence-corrected chi connectivity index (χ2v) is 10.2. The summed E-state index contributed by atoms with van der Waals surface area (Å²) in [4.78, 5) is 5.31.